The van der Waals surface area contributed by atoms with Crippen molar-refractivity contribution in [2.24, 2.45) is 11.8 Å². The third kappa shape index (κ3) is 3.38. The van der Waals surface area contributed by atoms with E-state index in [0.29, 0.717) is 6.42 Å². The third-order valence-corrected chi connectivity index (χ3v) is 1.65. The molecule has 0 fully saturated rings. The Kier molecular flexibility index (Phi) is 3.93. The highest BCUT2D eigenvalue weighted by molar-refractivity contribution is 5.78. The number of aldehydes is 1. The lowest BCUT2D eigenvalue weighted by atomic mass is 9.96. The fourth-order valence-corrected chi connectivity index (χ4v) is 0.779. The molecule has 0 aromatic heterocycles. The largest absolute Gasteiger partial charge is 0.303 e. The number of rotatable bonds is 4. The molecule has 0 aliphatic rings. The van der Waals surface area contributed by atoms with Gasteiger partial charge >= 0.3 is 0 Å². The molecule has 0 saturated carbocycles. The molecule has 0 aliphatic carbocycles. The highest BCUT2D eigenvalue weighted by Gasteiger charge is 2.10. The number of carbonyl (C=O) groups excluding carboxylic acids is 2. The van der Waals surface area contributed by atoms with E-state index in [4.69, 9.17) is 0 Å². The highest BCUT2D eigenvalue weighted by atomic mass is 16.1. The number of Topliss-reactive ketones (excluding diaryl/α,β-unsaturated/α-hetero) is 1. The second kappa shape index (κ2) is 4.20. The summed E-state index contributed by atoms with van der Waals surface area (Å²) in [6.07, 6.45) is 1.57. The van der Waals surface area contributed by atoms with Gasteiger partial charge < -0.3 is 4.79 Å². The average Bonchev–Trinajstić information content (AvgIpc) is 1.87. The van der Waals surface area contributed by atoms with Crippen molar-refractivity contribution in [3.63, 3.8) is 0 Å². The van der Waals surface area contributed by atoms with E-state index in [2.05, 4.69) is 0 Å². The van der Waals surface area contributed by atoms with Gasteiger partial charge in [0, 0.05) is 11.8 Å². The quantitative estimate of drug-likeness (QED) is 0.556. The first-order chi connectivity index (χ1) is 4.57. The van der Waals surface area contributed by atoms with E-state index in [0.717, 1.165) is 6.29 Å². The predicted octanol–water partition coefficient (Wildman–Crippen LogP) is 1.44. The molecule has 0 radical (unpaired) electrons. The second-order valence-electron chi connectivity index (χ2n) is 2.86. The highest BCUT2D eigenvalue weighted by Crippen LogP contribution is 2.09. The van der Waals surface area contributed by atoms with Crippen molar-refractivity contribution in [1.29, 1.82) is 0 Å². The normalized spacial score (nSPS) is 15.9. The lowest BCUT2D eigenvalue weighted by Gasteiger charge is -2.07. The molecular weight excluding hydrogens is 128 g/mol. The monoisotopic (exact) mass is 142 g/mol. The van der Waals surface area contributed by atoms with Crippen LogP contribution in [0, 0.1) is 11.8 Å². The molecule has 0 aromatic rings. The van der Waals surface area contributed by atoms with Crippen molar-refractivity contribution in [1.82, 2.24) is 0 Å². The van der Waals surface area contributed by atoms with E-state index < -0.39 is 0 Å². The molecule has 0 aliphatic heterocycles. The summed E-state index contributed by atoms with van der Waals surface area (Å²) < 4.78 is 0. The van der Waals surface area contributed by atoms with Crippen LogP contribution in [-0.2, 0) is 9.59 Å². The lowest BCUT2D eigenvalue weighted by molar-refractivity contribution is -0.121. The molecular formula is C8H14O2. The summed E-state index contributed by atoms with van der Waals surface area (Å²) in [5.74, 6) is 0.202. The Balaban J connectivity index is 3.67. The van der Waals surface area contributed by atoms with Crippen molar-refractivity contribution >= 4 is 12.1 Å². The maximum atomic E-state index is 10.7. The minimum Gasteiger partial charge on any atom is -0.303 e. The van der Waals surface area contributed by atoms with Gasteiger partial charge in [-0.25, -0.2) is 0 Å². The zero-order valence-electron chi connectivity index (χ0n) is 6.76. The van der Waals surface area contributed by atoms with Crippen molar-refractivity contribution in [2.75, 3.05) is 0 Å². The Labute approximate surface area is 61.6 Å². The van der Waals surface area contributed by atoms with Crippen LogP contribution in [0.25, 0.3) is 0 Å². The maximum Gasteiger partial charge on any atom is 0.132 e. The second-order valence-corrected chi connectivity index (χ2v) is 2.86. The Hall–Kier alpha value is -0.660. The summed E-state index contributed by atoms with van der Waals surface area (Å²) in [7, 11) is 0. The Bertz CT molecular complexity index is 129. The van der Waals surface area contributed by atoms with E-state index in [9.17, 15) is 9.59 Å². The minimum absolute atomic E-state index is 0.0129. The third-order valence-electron chi connectivity index (χ3n) is 1.65. The first-order valence-corrected chi connectivity index (χ1v) is 3.53. The van der Waals surface area contributed by atoms with Crippen LogP contribution in [0.1, 0.15) is 27.2 Å². The van der Waals surface area contributed by atoms with E-state index in [1.54, 1.807) is 6.92 Å². The van der Waals surface area contributed by atoms with E-state index in [1.165, 1.54) is 0 Å². The van der Waals surface area contributed by atoms with Gasteiger partial charge in [-0.15, -0.1) is 0 Å². The molecule has 0 aromatic carbocycles. The SMILES string of the molecule is CC(=O)C(C)CC(C)C=O. The van der Waals surface area contributed by atoms with Gasteiger partial charge in [-0.2, -0.15) is 0 Å². The fraction of sp³-hybridized carbons (Fsp3) is 0.750. The molecule has 0 spiro atoms. The predicted molar refractivity (Wildman–Crippen MR) is 39.7 cm³/mol. The van der Waals surface area contributed by atoms with Crippen LogP contribution in [0.3, 0.4) is 0 Å². The standard InChI is InChI=1S/C8H14O2/c1-6(5-9)4-7(2)8(3)10/h5-7H,4H2,1-3H3. The molecule has 2 unspecified atom stereocenters. The van der Waals surface area contributed by atoms with Gasteiger partial charge in [-0.05, 0) is 13.3 Å². The average molecular weight is 142 g/mol. The Morgan fingerprint density at radius 1 is 1.50 bits per heavy atom. The van der Waals surface area contributed by atoms with Crippen molar-refractivity contribution in [2.45, 2.75) is 27.2 Å². The molecule has 2 nitrogen and oxygen atoms in total. The number of hydrogen-bond donors (Lipinski definition) is 0. The summed E-state index contributed by atoms with van der Waals surface area (Å²) in [5, 5.41) is 0. The number of hydrogen-bond acceptors (Lipinski definition) is 2. The van der Waals surface area contributed by atoms with Gasteiger partial charge in [0.25, 0.3) is 0 Å². The zero-order chi connectivity index (χ0) is 8.15. The van der Waals surface area contributed by atoms with Crippen LogP contribution in [0.4, 0.5) is 0 Å². The number of ketones is 1. The molecule has 0 amide bonds. The molecule has 0 saturated heterocycles. The molecule has 10 heavy (non-hydrogen) atoms. The van der Waals surface area contributed by atoms with Gasteiger partial charge in [0.15, 0.2) is 0 Å². The maximum absolute atomic E-state index is 10.7. The van der Waals surface area contributed by atoms with Gasteiger partial charge in [-0.1, -0.05) is 13.8 Å². The van der Waals surface area contributed by atoms with Crippen LogP contribution >= 0.6 is 0 Å². The van der Waals surface area contributed by atoms with Gasteiger partial charge in [0.05, 0.1) is 0 Å². The van der Waals surface area contributed by atoms with Crippen LogP contribution in [-0.4, -0.2) is 12.1 Å². The number of carbonyl (C=O) groups is 2. The summed E-state index contributed by atoms with van der Waals surface area (Å²) in [4.78, 5) is 20.8. The van der Waals surface area contributed by atoms with Gasteiger partial charge in [0.2, 0.25) is 0 Å². The first kappa shape index (κ1) is 9.34. The van der Waals surface area contributed by atoms with Gasteiger partial charge in [0.1, 0.15) is 12.1 Å². The Morgan fingerprint density at radius 2 is 2.00 bits per heavy atom. The van der Waals surface area contributed by atoms with E-state index in [-0.39, 0.29) is 17.6 Å². The smallest absolute Gasteiger partial charge is 0.132 e. The van der Waals surface area contributed by atoms with E-state index in [1.807, 2.05) is 13.8 Å². The van der Waals surface area contributed by atoms with Gasteiger partial charge in [-0.3, -0.25) is 4.79 Å². The molecule has 2 heteroatoms. The molecule has 58 valence electrons. The molecule has 0 rings (SSSR count). The topological polar surface area (TPSA) is 34.1 Å². The van der Waals surface area contributed by atoms with E-state index >= 15 is 0 Å². The van der Waals surface area contributed by atoms with Crippen LogP contribution in [0.2, 0.25) is 0 Å². The fourth-order valence-electron chi connectivity index (χ4n) is 0.779. The van der Waals surface area contributed by atoms with Crippen LogP contribution in [0.15, 0.2) is 0 Å². The molecule has 0 bridgehead atoms. The summed E-state index contributed by atoms with van der Waals surface area (Å²) >= 11 is 0. The molecule has 0 heterocycles. The zero-order valence-corrected chi connectivity index (χ0v) is 6.76. The van der Waals surface area contributed by atoms with Crippen LogP contribution in [0.5, 0.6) is 0 Å². The summed E-state index contributed by atoms with van der Waals surface area (Å²) in [5.41, 5.74) is 0. The molecule has 0 N–H and O–H groups in total. The van der Waals surface area contributed by atoms with Crippen molar-refractivity contribution in [3.05, 3.63) is 0 Å². The first-order valence-electron chi connectivity index (χ1n) is 3.53. The van der Waals surface area contributed by atoms with Crippen LogP contribution < -0.4 is 0 Å². The summed E-state index contributed by atoms with van der Waals surface area (Å²) in [6, 6.07) is 0. The molecule has 2 atom stereocenters. The minimum atomic E-state index is 0.0129. The van der Waals surface area contributed by atoms with Crippen molar-refractivity contribution < 1.29 is 9.59 Å². The van der Waals surface area contributed by atoms with Crippen molar-refractivity contribution in [3.8, 4) is 0 Å². The summed E-state index contributed by atoms with van der Waals surface area (Å²) in [6.45, 7) is 5.23. The Morgan fingerprint density at radius 3 is 2.30 bits per heavy atom. The lowest BCUT2D eigenvalue weighted by Crippen LogP contribution is -2.11.